The van der Waals surface area contributed by atoms with Gasteiger partial charge in [-0.25, -0.2) is 4.79 Å². The van der Waals surface area contributed by atoms with Gasteiger partial charge in [-0.2, -0.15) is 22.0 Å². The lowest BCUT2D eigenvalue weighted by atomic mass is 9.55. The summed E-state index contributed by atoms with van der Waals surface area (Å²) in [4.78, 5) is 11.9. The summed E-state index contributed by atoms with van der Waals surface area (Å²) in [6, 6.07) is 0. The van der Waals surface area contributed by atoms with Gasteiger partial charge in [-0.15, -0.1) is 0 Å². The van der Waals surface area contributed by atoms with E-state index in [2.05, 4.69) is 6.58 Å². The molecule has 212 valence electrons. The summed E-state index contributed by atoms with van der Waals surface area (Å²) in [5.74, 6) is -8.69. The van der Waals surface area contributed by atoms with Gasteiger partial charge in [0, 0.05) is 11.0 Å². The van der Waals surface area contributed by atoms with Gasteiger partial charge in [0.15, 0.2) is 18.7 Å². The quantitative estimate of drug-likeness (QED) is 0.171. The first-order chi connectivity index (χ1) is 16.9. The number of hydrogen-bond acceptors (Lipinski definition) is 6. The number of carbonyl (C=O) groups excluding carboxylic acids is 1. The van der Waals surface area contributed by atoms with Crippen LogP contribution in [-0.2, 0) is 28.5 Å². The number of esters is 1. The standard InChI is InChI=1S/C26H37F5O6/c1-14(2)20(32)33-12-23(6)24(27,28)25(26(29,30)31,37-21(36-23)22(3,4)5)35-13-34-19-17-8-15-7-16(10-17)11-18(19)9-15/h15-19,21H,1,7-13H2,2-6H3. The Morgan fingerprint density at radius 3 is 2.00 bits per heavy atom. The largest absolute Gasteiger partial charge is 0.459 e. The summed E-state index contributed by atoms with van der Waals surface area (Å²) in [5.41, 5.74) is -4.21. The van der Waals surface area contributed by atoms with Crippen LogP contribution in [0.1, 0.15) is 66.7 Å². The molecule has 0 amide bonds. The van der Waals surface area contributed by atoms with Crippen molar-refractivity contribution >= 4 is 5.97 Å². The molecule has 1 aliphatic heterocycles. The third-order valence-electron chi connectivity index (χ3n) is 8.29. The normalized spacial score (nSPS) is 41.0. The van der Waals surface area contributed by atoms with Crippen LogP contribution in [-0.4, -0.2) is 55.3 Å². The number of hydrogen-bond donors (Lipinski definition) is 0. The molecule has 5 aliphatic rings. The molecule has 37 heavy (non-hydrogen) atoms. The zero-order chi connectivity index (χ0) is 27.6. The molecule has 0 radical (unpaired) electrons. The Kier molecular flexibility index (Phi) is 7.30. The highest BCUT2D eigenvalue weighted by molar-refractivity contribution is 5.86. The molecular formula is C26H37F5O6. The second-order valence-corrected chi connectivity index (χ2v) is 12.5. The number of carbonyl (C=O) groups is 1. The highest BCUT2D eigenvalue weighted by Gasteiger charge is 2.83. The summed E-state index contributed by atoms with van der Waals surface area (Å²) >= 11 is 0. The molecule has 0 aromatic heterocycles. The molecule has 3 unspecified atom stereocenters. The van der Waals surface area contributed by atoms with Crippen LogP contribution < -0.4 is 0 Å². The van der Waals surface area contributed by atoms with E-state index in [0.29, 0.717) is 11.8 Å². The van der Waals surface area contributed by atoms with E-state index < -0.39 is 54.6 Å². The van der Waals surface area contributed by atoms with Crippen molar-refractivity contribution in [3.05, 3.63) is 12.2 Å². The van der Waals surface area contributed by atoms with Crippen molar-refractivity contribution in [1.82, 2.24) is 0 Å². The molecule has 6 nitrogen and oxygen atoms in total. The van der Waals surface area contributed by atoms with Gasteiger partial charge in [0.1, 0.15) is 6.61 Å². The van der Waals surface area contributed by atoms with Crippen molar-refractivity contribution in [3.8, 4) is 0 Å². The minimum Gasteiger partial charge on any atom is -0.459 e. The molecule has 1 heterocycles. The third-order valence-corrected chi connectivity index (χ3v) is 8.29. The van der Waals surface area contributed by atoms with Crippen LogP contribution in [0.5, 0.6) is 0 Å². The molecule has 3 atom stereocenters. The predicted octanol–water partition coefficient (Wildman–Crippen LogP) is 5.99. The fourth-order valence-electron chi connectivity index (χ4n) is 6.51. The number of alkyl halides is 5. The molecule has 4 bridgehead atoms. The van der Waals surface area contributed by atoms with E-state index >= 15 is 8.78 Å². The van der Waals surface area contributed by atoms with Crippen molar-refractivity contribution in [2.75, 3.05) is 13.4 Å². The monoisotopic (exact) mass is 540 g/mol. The van der Waals surface area contributed by atoms with E-state index in [1.165, 1.54) is 34.1 Å². The van der Waals surface area contributed by atoms with E-state index in [1.807, 2.05) is 0 Å². The summed E-state index contributed by atoms with van der Waals surface area (Å²) in [5, 5.41) is 0. The Morgan fingerprint density at radius 1 is 1.00 bits per heavy atom. The summed E-state index contributed by atoms with van der Waals surface area (Å²) in [7, 11) is 0. The van der Waals surface area contributed by atoms with Gasteiger partial charge < -0.3 is 23.7 Å². The average molecular weight is 541 g/mol. The van der Waals surface area contributed by atoms with Crippen molar-refractivity contribution in [1.29, 1.82) is 0 Å². The first-order valence-electron chi connectivity index (χ1n) is 12.8. The molecule has 0 N–H and O–H groups in total. The minimum atomic E-state index is -5.68. The molecule has 0 spiro atoms. The van der Waals surface area contributed by atoms with Gasteiger partial charge in [0.2, 0.25) is 0 Å². The van der Waals surface area contributed by atoms with Crippen molar-refractivity contribution in [2.45, 2.75) is 103 Å². The molecule has 0 aromatic rings. The lowest BCUT2D eigenvalue weighted by molar-refractivity contribution is -0.544. The first kappa shape index (κ1) is 28.7. The minimum absolute atomic E-state index is 0.103. The summed E-state index contributed by atoms with van der Waals surface area (Å²) < 4.78 is 102. The molecule has 4 aliphatic carbocycles. The smallest absolute Gasteiger partial charge is 0.450 e. The predicted molar refractivity (Wildman–Crippen MR) is 121 cm³/mol. The van der Waals surface area contributed by atoms with E-state index in [-0.39, 0.29) is 23.5 Å². The maximum absolute atomic E-state index is 16.0. The van der Waals surface area contributed by atoms with Crippen LogP contribution in [0, 0.1) is 29.1 Å². The topological polar surface area (TPSA) is 63.2 Å². The zero-order valence-electron chi connectivity index (χ0n) is 22.0. The second-order valence-electron chi connectivity index (χ2n) is 12.5. The van der Waals surface area contributed by atoms with Crippen molar-refractivity contribution in [2.24, 2.45) is 29.1 Å². The van der Waals surface area contributed by atoms with Gasteiger partial charge in [-0.3, -0.25) is 0 Å². The Balaban J connectivity index is 1.60. The fourth-order valence-corrected chi connectivity index (χ4v) is 6.51. The Labute approximate surface area is 214 Å². The summed E-state index contributed by atoms with van der Waals surface area (Å²) in [6.45, 7) is 7.64. The maximum Gasteiger partial charge on any atom is 0.450 e. The Hall–Kier alpha value is -1.30. The lowest BCUT2D eigenvalue weighted by Crippen LogP contribution is -2.77. The lowest BCUT2D eigenvalue weighted by Gasteiger charge is -2.56. The molecule has 4 saturated carbocycles. The highest BCUT2D eigenvalue weighted by atomic mass is 19.4. The van der Waals surface area contributed by atoms with E-state index in [1.54, 1.807) is 0 Å². The first-order valence-corrected chi connectivity index (χ1v) is 12.8. The highest BCUT2D eigenvalue weighted by Crippen LogP contribution is 2.58. The van der Waals surface area contributed by atoms with Crippen LogP contribution >= 0.6 is 0 Å². The molecule has 5 rings (SSSR count). The SMILES string of the molecule is C=C(C)C(=O)OCC1(C)OC(C(C)(C)C)OC(OCOC2C3CC4CC(C3)CC2C4)(C(F)(F)F)C1(F)F. The van der Waals surface area contributed by atoms with Crippen molar-refractivity contribution < 1.29 is 50.4 Å². The molecule has 1 saturated heterocycles. The zero-order valence-corrected chi connectivity index (χ0v) is 22.0. The Bertz CT molecular complexity index is 871. The fraction of sp³-hybridized carbons (Fsp3) is 0.885. The number of rotatable bonds is 7. The number of ether oxygens (including phenoxy) is 5. The van der Waals surface area contributed by atoms with Crippen LogP contribution in [0.25, 0.3) is 0 Å². The second kappa shape index (κ2) is 9.41. The van der Waals surface area contributed by atoms with Crippen LogP contribution in [0.15, 0.2) is 12.2 Å². The van der Waals surface area contributed by atoms with Gasteiger partial charge in [-0.1, -0.05) is 27.4 Å². The molecule has 0 aromatic carbocycles. The van der Waals surface area contributed by atoms with E-state index in [4.69, 9.17) is 23.7 Å². The van der Waals surface area contributed by atoms with Crippen LogP contribution in [0.2, 0.25) is 0 Å². The van der Waals surface area contributed by atoms with Crippen LogP contribution in [0.4, 0.5) is 22.0 Å². The average Bonchev–Trinajstić information content (AvgIpc) is 2.74. The van der Waals surface area contributed by atoms with Gasteiger partial charge >= 0.3 is 23.9 Å². The van der Waals surface area contributed by atoms with Gasteiger partial charge in [0.05, 0.1) is 6.10 Å². The summed E-state index contributed by atoms with van der Waals surface area (Å²) in [6.07, 6.45) is -2.90. The van der Waals surface area contributed by atoms with Crippen molar-refractivity contribution in [3.63, 3.8) is 0 Å². The van der Waals surface area contributed by atoms with E-state index in [0.717, 1.165) is 32.6 Å². The number of halogens is 5. The molecule has 11 heteroatoms. The van der Waals surface area contributed by atoms with Gasteiger partial charge in [-0.05, 0) is 69.6 Å². The van der Waals surface area contributed by atoms with Crippen LogP contribution in [0.3, 0.4) is 0 Å². The molecular weight excluding hydrogens is 503 g/mol. The third kappa shape index (κ3) is 4.94. The maximum atomic E-state index is 16.0. The van der Waals surface area contributed by atoms with Gasteiger partial charge in [0.25, 0.3) is 0 Å². The van der Waals surface area contributed by atoms with E-state index in [9.17, 15) is 18.0 Å². The Morgan fingerprint density at radius 2 is 1.54 bits per heavy atom. The molecule has 5 fully saturated rings.